The fourth-order valence-corrected chi connectivity index (χ4v) is 3.49. The van der Waals surface area contributed by atoms with Gasteiger partial charge in [-0.25, -0.2) is 0 Å². The molecule has 1 heterocycles. The van der Waals surface area contributed by atoms with Gasteiger partial charge in [0, 0.05) is 12.2 Å². The lowest BCUT2D eigenvalue weighted by Gasteiger charge is -2.31. The summed E-state index contributed by atoms with van der Waals surface area (Å²) in [4.78, 5) is 27.0. The Morgan fingerprint density at radius 2 is 1.74 bits per heavy atom. The van der Waals surface area contributed by atoms with Crippen LogP contribution >= 0.6 is 0 Å². The first-order valence-electron chi connectivity index (χ1n) is 9.54. The third kappa shape index (κ3) is 5.66. The number of rotatable bonds is 6. The highest BCUT2D eigenvalue weighted by Crippen LogP contribution is 2.19. The molecule has 5 heteroatoms. The summed E-state index contributed by atoms with van der Waals surface area (Å²) >= 11 is 0. The molecule has 142 valence electrons. The maximum Gasteiger partial charge on any atom is 0.234 e. The molecule has 5 nitrogen and oxygen atoms in total. The maximum atomic E-state index is 12.5. The smallest absolute Gasteiger partial charge is 0.234 e. The van der Waals surface area contributed by atoms with Gasteiger partial charge in [-0.15, -0.1) is 0 Å². The topological polar surface area (TPSA) is 61.4 Å². The molecule has 2 aromatic carbocycles. The first-order chi connectivity index (χ1) is 13.1. The van der Waals surface area contributed by atoms with Crippen molar-refractivity contribution < 1.29 is 9.59 Å². The highest BCUT2D eigenvalue weighted by atomic mass is 16.2. The van der Waals surface area contributed by atoms with Crippen molar-refractivity contribution in [3.8, 4) is 0 Å². The molecule has 1 aliphatic heterocycles. The Hall–Kier alpha value is -2.66. The molecule has 0 spiro atoms. The molecule has 0 saturated carbocycles. The molecule has 2 atom stereocenters. The van der Waals surface area contributed by atoms with Crippen molar-refractivity contribution in [2.75, 3.05) is 25.0 Å². The largest absolute Gasteiger partial charge is 0.348 e. The fourth-order valence-electron chi connectivity index (χ4n) is 3.49. The normalized spacial score (nSPS) is 18.5. The lowest BCUT2D eigenvalue weighted by molar-refractivity contribution is -0.126. The molecule has 27 heavy (non-hydrogen) atoms. The summed E-state index contributed by atoms with van der Waals surface area (Å²) in [7, 11) is 0. The number of piperidine rings is 1. The molecule has 0 radical (unpaired) electrons. The quantitative estimate of drug-likeness (QED) is 0.826. The van der Waals surface area contributed by atoms with Gasteiger partial charge in [0.1, 0.15) is 0 Å². The molecular weight excluding hydrogens is 338 g/mol. The molecule has 0 aliphatic carbocycles. The van der Waals surface area contributed by atoms with Crippen molar-refractivity contribution in [3.05, 3.63) is 66.2 Å². The third-order valence-corrected chi connectivity index (χ3v) is 4.96. The highest BCUT2D eigenvalue weighted by molar-refractivity contribution is 5.92. The number of amides is 2. The van der Waals surface area contributed by atoms with E-state index in [4.69, 9.17) is 0 Å². The molecule has 2 N–H and O–H groups in total. The van der Waals surface area contributed by atoms with Gasteiger partial charge in [-0.05, 0) is 44.0 Å². The molecule has 1 aliphatic rings. The Bertz CT molecular complexity index is 749. The monoisotopic (exact) mass is 365 g/mol. The van der Waals surface area contributed by atoms with E-state index in [-0.39, 0.29) is 23.8 Å². The molecule has 1 saturated heterocycles. The number of nitrogens with zero attached hydrogens (tertiary/aromatic N) is 1. The Morgan fingerprint density at radius 3 is 2.44 bits per heavy atom. The second-order valence-electron chi connectivity index (χ2n) is 7.13. The second kappa shape index (κ2) is 9.33. The summed E-state index contributed by atoms with van der Waals surface area (Å²) in [5.41, 5.74) is 1.90. The molecule has 1 fully saturated rings. The Labute approximate surface area is 160 Å². The van der Waals surface area contributed by atoms with Gasteiger partial charge in [-0.3, -0.25) is 14.5 Å². The summed E-state index contributed by atoms with van der Waals surface area (Å²) < 4.78 is 0. The predicted octanol–water partition coefficient (Wildman–Crippen LogP) is 3.21. The third-order valence-electron chi connectivity index (χ3n) is 4.96. The fraction of sp³-hybridized carbons (Fsp3) is 0.364. The van der Waals surface area contributed by atoms with Crippen LogP contribution < -0.4 is 10.6 Å². The summed E-state index contributed by atoms with van der Waals surface area (Å²) in [6.45, 7) is 3.78. The molecule has 2 aromatic rings. The molecule has 2 amide bonds. The van der Waals surface area contributed by atoms with E-state index < -0.39 is 0 Å². The number of carbonyl (C=O) groups excluding carboxylic acids is 2. The minimum Gasteiger partial charge on any atom is -0.348 e. The number of anilines is 1. The van der Waals surface area contributed by atoms with E-state index >= 15 is 0 Å². The van der Waals surface area contributed by atoms with Crippen molar-refractivity contribution in [2.24, 2.45) is 5.92 Å². The lowest BCUT2D eigenvalue weighted by atomic mass is 9.97. The van der Waals surface area contributed by atoms with Crippen LogP contribution in [-0.2, 0) is 9.59 Å². The van der Waals surface area contributed by atoms with Gasteiger partial charge in [0.2, 0.25) is 11.8 Å². The summed E-state index contributed by atoms with van der Waals surface area (Å²) in [5, 5.41) is 6.02. The van der Waals surface area contributed by atoms with E-state index in [1.807, 2.05) is 67.6 Å². The first kappa shape index (κ1) is 19.1. The first-order valence-corrected chi connectivity index (χ1v) is 9.54. The van der Waals surface area contributed by atoms with E-state index in [1.54, 1.807) is 0 Å². The van der Waals surface area contributed by atoms with Crippen molar-refractivity contribution in [3.63, 3.8) is 0 Å². The minimum atomic E-state index is -0.0849. The van der Waals surface area contributed by atoms with E-state index in [1.165, 1.54) is 0 Å². The average molecular weight is 365 g/mol. The Balaban J connectivity index is 1.49. The van der Waals surface area contributed by atoms with Gasteiger partial charge in [0.25, 0.3) is 0 Å². The van der Waals surface area contributed by atoms with Crippen LogP contribution in [-0.4, -0.2) is 36.3 Å². The zero-order valence-corrected chi connectivity index (χ0v) is 15.7. The number of nitrogens with one attached hydrogen (secondary N) is 2. The minimum absolute atomic E-state index is 0.00419. The van der Waals surface area contributed by atoms with Gasteiger partial charge < -0.3 is 10.6 Å². The van der Waals surface area contributed by atoms with Crippen molar-refractivity contribution in [1.82, 2.24) is 10.2 Å². The van der Waals surface area contributed by atoms with Crippen LogP contribution in [0.5, 0.6) is 0 Å². The summed E-state index contributed by atoms with van der Waals surface area (Å²) in [6.07, 6.45) is 1.78. The van der Waals surface area contributed by atoms with E-state index in [0.717, 1.165) is 30.6 Å². The second-order valence-corrected chi connectivity index (χ2v) is 7.13. The van der Waals surface area contributed by atoms with E-state index in [9.17, 15) is 9.59 Å². The van der Waals surface area contributed by atoms with E-state index in [0.29, 0.717) is 13.1 Å². The summed E-state index contributed by atoms with van der Waals surface area (Å²) in [5.74, 6) is -0.0577. The number of benzene rings is 2. The van der Waals surface area contributed by atoms with Crippen LogP contribution in [0.25, 0.3) is 0 Å². The number of para-hydroxylation sites is 1. The van der Waals surface area contributed by atoms with Crippen LogP contribution in [0.15, 0.2) is 60.7 Å². The van der Waals surface area contributed by atoms with Gasteiger partial charge in [-0.1, -0.05) is 48.5 Å². The molecular formula is C22H27N3O2. The zero-order valence-electron chi connectivity index (χ0n) is 15.7. The van der Waals surface area contributed by atoms with Gasteiger partial charge in [0.05, 0.1) is 18.5 Å². The lowest BCUT2D eigenvalue weighted by Crippen LogP contribution is -2.45. The highest BCUT2D eigenvalue weighted by Gasteiger charge is 2.27. The summed E-state index contributed by atoms with van der Waals surface area (Å²) in [6, 6.07) is 19.4. The van der Waals surface area contributed by atoms with Crippen LogP contribution in [0, 0.1) is 5.92 Å². The number of carbonyl (C=O) groups is 2. The van der Waals surface area contributed by atoms with Gasteiger partial charge in [0.15, 0.2) is 0 Å². The zero-order chi connectivity index (χ0) is 19.1. The van der Waals surface area contributed by atoms with Crippen molar-refractivity contribution >= 4 is 17.5 Å². The van der Waals surface area contributed by atoms with Crippen LogP contribution in [0.1, 0.15) is 31.4 Å². The standard InChI is InChI=1S/C22H27N3O2/c1-17(18-9-4-2-5-10-18)23-21(26)16-25-14-8-11-19(15-25)22(27)24-20-12-6-3-7-13-20/h2-7,9-10,12-13,17,19H,8,11,14-16H2,1H3,(H,23,26)(H,24,27)/t17-,19+/m0/s1. The molecule has 0 unspecified atom stereocenters. The van der Waals surface area contributed by atoms with E-state index in [2.05, 4.69) is 15.5 Å². The van der Waals surface area contributed by atoms with Crippen LogP contribution in [0.2, 0.25) is 0 Å². The van der Waals surface area contributed by atoms with Crippen molar-refractivity contribution in [2.45, 2.75) is 25.8 Å². The average Bonchev–Trinajstić information content (AvgIpc) is 2.69. The Kier molecular flexibility index (Phi) is 6.60. The Morgan fingerprint density at radius 1 is 1.07 bits per heavy atom. The number of hydrogen-bond acceptors (Lipinski definition) is 3. The number of likely N-dealkylation sites (tertiary alicyclic amines) is 1. The molecule has 3 rings (SSSR count). The van der Waals surface area contributed by atoms with Crippen LogP contribution in [0.4, 0.5) is 5.69 Å². The SMILES string of the molecule is C[C@H](NC(=O)CN1CCC[C@@H](C(=O)Nc2ccccc2)C1)c1ccccc1. The van der Waals surface area contributed by atoms with Crippen molar-refractivity contribution in [1.29, 1.82) is 0 Å². The maximum absolute atomic E-state index is 12.5. The molecule has 0 bridgehead atoms. The molecule has 0 aromatic heterocycles. The predicted molar refractivity (Wildman–Crippen MR) is 107 cm³/mol. The van der Waals surface area contributed by atoms with Gasteiger partial charge >= 0.3 is 0 Å². The van der Waals surface area contributed by atoms with Gasteiger partial charge in [-0.2, -0.15) is 0 Å². The van der Waals surface area contributed by atoms with Crippen LogP contribution in [0.3, 0.4) is 0 Å². The number of hydrogen-bond donors (Lipinski definition) is 2.